The van der Waals surface area contributed by atoms with Crippen LogP contribution in [0.1, 0.15) is 47.5 Å². The SMILES string of the molecule is CCC1(C)NC(=O)C(C(C)(C)C)N(CCCF)C1=O. The Hall–Kier alpha value is -1.13. The minimum absolute atomic E-state index is 0.108. The summed E-state index contributed by atoms with van der Waals surface area (Å²) in [4.78, 5) is 26.5. The summed E-state index contributed by atoms with van der Waals surface area (Å²) >= 11 is 0. The first-order valence-corrected chi connectivity index (χ1v) is 6.86. The summed E-state index contributed by atoms with van der Waals surface area (Å²) < 4.78 is 12.4. The van der Waals surface area contributed by atoms with Crippen molar-refractivity contribution < 1.29 is 14.0 Å². The maximum Gasteiger partial charge on any atom is 0.248 e. The predicted molar refractivity (Wildman–Crippen MR) is 72.4 cm³/mol. The van der Waals surface area contributed by atoms with E-state index in [4.69, 9.17) is 0 Å². The zero-order valence-electron chi connectivity index (χ0n) is 12.5. The normalized spacial score (nSPS) is 28.5. The first kappa shape index (κ1) is 15.9. The van der Waals surface area contributed by atoms with Crippen LogP contribution < -0.4 is 5.32 Å². The van der Waals surface area contributed by atoms with Crippen LogP contribution in [0.15, 0.2) is 0 Å². The molecular formula is C14H25FN2O2. The lowest BCUT2D eigenvalue weighted by Gasteiger charge is -2.48. The molecule has 1 rings (SSSR count). The first-order chi connectivity index (χ1) is 8.67. The van der Waals surface area contributed by atoms with E-state index in [0.29, 0.717) is 13.0 Å². The number of hydrogen-bond acceptors (Lipinski definition) is 2. The summed E-state index contributed by atoms with van der Waals surface area (Å²) in [5.74, 6) is -0.252. The van der Waals surface area contributed by atoms with Crippen molar-refractivity contribution in [2.75, 3.05) is 13.2 Å². The Kier molecular flexibility index (Phi) is 4.59. The van der Waals surface area contributed by atoms with Gasteiger partial charge in [-0.3, -0.25) is 14.0 Å². The molecule has 0 aromatic carbocycles. The summed E-state index contributed by atoms with van der Waals surface area (Å²) in [6.07, 6.45) is 0.798. The molecule has 2 amide bonds. The zero-order valence-corrected chi connectivity index (χ0v) is 12.5. The van der Waals surface area contributed by atoms with Gasteiger partial charge in [0.05, 0.1) is 6.67 Å². The summed E-state index contributed by atoms with van der Waals surface area (Å²) in [7, 11) is 0. The van der Waals surface area contributed by atoms with E-state index in [9.17, 15) is 14.0 Å². The third kappa shape index (κ3) is 3.07. The average Bonchev–Trinajstić information content (AvgIpc) is 2.30. The van der Waals surface area contributed by atoms with Crippen molar-refractivity contribution in [2.24, 2.45) is 5.41 Å². The smallest absolute Gasteiger partial charge is 0.248 e. The highest BCUT2D eigenvalue weighted by Crippen LogP contribution is 2.31. The second kappa shape index (κ2) is 5.47. The van der Waals surface area contributed by atoms with Gasteiger partial charge in [0.15, 0.2) is 0 Å². The Labute approximate surface area is 114 Å². The van der Waals surface area contributed by atoms with Gasteiger partial charge < -0.3 is 10.2 Å². The van der Waals surface area contributed by atoms with Crippen LogP contribution in [0, 0.1) is 5.41 Å². The van der Waals surface area contributed by atoms with Crippen molar-refractivity contribution in [2.45, 2.75) is 59.0 Å². The second-order valence-corrected chi connectivity index (χ2v) is 6.48. The molecule has 0 aromatic heterocycles. The number of hydrogen-bond donors (Lipinski definition) is 1. The van der Waals surface area contributed by atoms with E-state index >= 15 is 0 Å². The van der Waals surface area contributed by atoms with Gasteiger partial charge in [-0.05, 0) is 25.2 Å². The molecule has 1 heterocycles. The van der Waals surface area contributed by atoms with E-state index in [1.54, 1.807) is 11.8 Å². The van der Waals surface area contributed by atoms with E-state index in [0.717, 1.165) is 0 Å². The molecular weight excluding hydrogens is 247 g/mol. The first-order valence-electron chi connectivity index (χ1n) is 6.86. The van der Waals surface area contributed by atoms with Crippen LogP contribution in [0.5, 0.6) is 0 Å². The molecule has 0 saturated carbocycles. The van der Waals surface area contributed by atoms with Crippen molar-refractivity contribution >= 4 is 11.8 Å². The number of amides is 2. The lowest BCUT2D eigenvalue weighted by Crippen LogP contribution is -2.71. The lowest BCUT2D eigenvalue weighted by atomic mass is 9.80. The Balaban J connectivity index is 3.11. The van der Waals surface area contributed by atoms with E-state index in [-0.39, 0.29) is 23.7 Å². The Morgan fingerprint density at radius 2 is 1.95 bits per heavy atom. The largest absolute Gasteiger partial charge is 0.340 e. The third-order valence-electron chi connectivity index (χ3n) is 3.75. The van der Waals surface area contributed by atoms with Gasteiger partial charge in [-0.1, -0.05) is 27.7 Å². The number of nitrogens with zero attached hydrogens (tertiary/aromatic N) is 1. The molecule has 4 nitrogen and oxygen atoms in total. The maximum absolute atomic E-state index is 12.6. The van der Waals surface area contributed by atoms with Crippen LogP contribution >= 0.6 is 0 Å². The Bertz CT molecular complexity index is 365. The fourth-order valence-electron chi connectivity index (χ4n) is 2.53. The quantitative estimate of drug-likeness (QED) is 0.849. The molecule has 2 atom stereocenters. The van der Waals surface area contributed by atoms with Gasteiger partial charge in [-0.25, -0.2) is 0 Å². The molecule has 0 aromatic rings. The van der Waals surface area contributed by atoms with Crippen molar-refractivity contribution in [1.29, 1.82) is 0 Å². The second-order valence-electron chi connectivity index (χ2n) is 6.48. The summed E-state index contributed by atoms with van der Waals surface area (Å²) in [6, 6.07) is -0.536. The molecule has 0 spiro atoms. The minimum Gasteiger partial charge on any atom is -0.340 e. The van der Waals surface area contributed by atoms with E-state index in [2.05, 4.69) is 5.32 Å². The highest BCUT2D eigenvalue weighted by molar-refractivity contribution is 5.99. The fraction of sp³-hybridized carbons (Fsp3) is 0.857. The summed E-state index contributed by atoms with van der Waals surface area (Å²) in [5.41, 5.74) is -1.24. The molecule has 1 aliphatic heterocycles. The van der Waals surface area contributed by atoms with Gasteiger partial charge in [0, 0.05) is 6.54 Å². The number of halogens is 1. The van der Waals surface area contributed by atoms with Crippen LogP contribution in [-0.4, -0.2) is 41.5 Å². The fourth-order valence-corrected chi connectivity index (χ4v) is 2.53. The maximum atomic E-state index is 12.6. The molecule has 1 aliphatic rings. The zero-order chi connectivity index (χ0) is 14.8. The van der Waals surface area contributed by atoms with Gasteiger partial charge in [-0.2, -0.15) is 0 Å². The molecule has 19 heavy (non-hydrogen) atoms. The molecule has 5 heteroatoms. The van der Waals surface area contributed by atoms with E-state index in [1.807, 2.05) is 27.7 Å². The number of piperazine rings is 1. The molecule has 1 saturated heterocycles. The average molecular weight is 272 g/mol. The van der Waals surface area contributed by atoms with Crippen LogP contribution in [0.25, 0.3) is 0 Å². The molecule has 110 valence electrons. The van der Waals surface area contributed by atoms with E-state index < -0.39 is 18.3 Å². The number of carbonyl (C=O) groups excluding carboxylic acids is 2. The molecule has 0 bridgehead atoms. The van der Waals surface area contributed by atoms with Gasteiger partial charge in [0.2, 0.25) is 11.8 Å². The predicted octanol–water partition coefficient (Wildman–Crippen LogP) is 1.89. The Morgan fingerprint density at radius 1 is 1.37 bits per heavy atom. The molecule has 1 N–H and O–H groups in total. The van der Waals surface area contributed by atoms with Crippen molar-refractivity contribution in [3.8, 4) is 0 Å². The van der Waals surface area contributed by atoms with Crippen LogP contribution in [-0.2, 0) is 9.59 Å². The lowest BCUT2D eigenvalue weighted by molar-refractivity contribution is -0.159. The molecule has 0 radical (unpaired) electrons. The van der Waals surface area contributed by atoms with Gasteiger partial charge >= 0.3 is 0 Å². The number of rotatable bonds is 4. The number of alkyl halides is 1. The Morgan fingerprint density at radius 3 is 2.37 bits per heavy atom. The molecule has 0 aliphatic carbocycles. The third-order valence-corrected chi connectivity index (χ3v) is 3.75. The van der Waals surface area contributed by atoms with Crippen LogP contribution in [0.3, 0.4) is 0 Å². The highest BCUT2D eigenvalue weighted by Gasteiger charge is 2.50. The number of nitrogens with one attached hydrogen (secondary N) is 1. The van der Waals surface area contributed by atoms with Crippen LogP contribution in [0.2, 0.25) is 0 Å². The van der Waals surface area contributed by atoms with Gasteiger partial charge in [0.25, 0.3) is 0 Å². The molecule has 2 unspecified atom stereocenters. The summed E-state index contributed by atoms with van der Waals surface area (Å²) in [5, 5.41) is 2.83. The van der Waals surface area contributed by atoms with Gasteiger partial charge in [0.1, 0.15) is 11.6 Å². The topological polar surface area (TPSA) is 49.4 Å². The summed E-state index contributed by atoms with van der Waals surface area (Å²) in [6.45, 7) is 9.16. The van der Waals surface area contributed by atoms with Gasteiger partial charge in [-0.15, -0.1) is 0 Å². The van der Waals surface area contributed by atoms with Crippen molar-refractivity contribution in [3.05, 3.63) is 0 Å². The van der Waals surface area contributed by atoms with Crippen molar-refractivity contribution in [3.63, 3.8) is 0 Å². The standard InChI is InChI=1S/C14H25FN2O2/c1-6-14(5)12(19)17(9-7-8-15)10(11(18)16-14)13(2,3)4/h10H,6-9H2,1-5H3,(H,16,18). The highest BCUT2D eigenvalue weighted by atomic mass is 19.1. The van der Waals surface area contributed by atoms with Crippen LogP contribution in [0.4, 0.5) is 4.39 Å². The monoisotopic (exact) mass is 272 g/mol. The minimum atomic E-state index is -0.866. The van der Waals surface area contributed by atoms with Crippen molar-refractivity contribution in [1.82, 2.24) is 10.2 Å². The number of carbonyl (C=O) groups is 2. The van der Waals surface area contributed by atoms with E-state index in [1.165, 1.54) is 0 Å². The molecule has 1 fully saturated rings.